The van der Waals surface area contributed by atoms with Crippen molar-refractivity contribution >= 4 is 23.8 Å². The van der Waals surface area contributed by atoms with Crippen molar-refractivity contribution in [1.82, 2.24) is 10.6 Å². The molecule has 0 aromatic carbocycles. The minimum atomic E-state index is -0.973. The van der Waals surface area contributed by atoms with Crippen molar-refractivity contribution in [3.05, 3.63) is 0 Å². The summed E-state index contributed by atoms with van der Waals surface area (Å²) in [6.07, 6.45) is 3.53. The summed E-state index contributed by atoms with van der Waals surface area (Å²) >= 11 is 1.93. The van der Waals surface area contributed by atoms with E-state index in [0.29, 0.717) is 11.7 Å². The van der Waals surface area contributed by atoms with E-state index in [1.54, 1.807) is 0 Å². The molecule has 0 aliphatic heterocycles. The third-order valence-corrected chi connectivity index (χ3v) is 4.67. The monoisotopic (exact) mass is 302 g/mol. The molecule has 1 rings (SSSR count). The van der Waals surface area contributed by atoms with Gasteiger partial charge in [0.05, 0.1) is 0 Å². The van der Waals surface area contributed by atoms with Gasteiger partial charge in [0.25, 0.3) is 0 Å². The summed E-state index contributed by atoms with van der Waals surface area (Å²) in [5.41, 5.74) is 0. The first-order valence-electron chi connectivity index (χ1n) is 7.33. The predicted octanol–water partition coefficient (Wildman–Crippen LogP) is 2.46. The van der Waals surface area contributed by atoms with Gasteiger partial charge in [0.2, 0.25) is 0 Å². The molecule has 2 unspecified atom stereocenters. The van der Waals surface area contributed by atoms with Crippen molar-refractivity contribution in [2.24, 2.45) is 5.92 Å². The number of carbonyl (C=O) groups is 2. The van der Waals surface area contributed by atoms with Gasteiger partial charge < -0.3 is 15.7 Å². The Hall–Kier alpha value is -0.910. The SMILES string of the molecule is CCSC1CCC(NC(=O)N[C@@H](CC(C)C)C(=O)O)C1. The fourth-order valence-corrected chi connectivity index (χ4v) is 3.68. The van der Waals surface area contributed by atoms with Crippen LogP contribution in [0.15, 0.2) is 0 Å². The van der Waals surface area contributed by atoms with E-state index in [1.807, 2.05) is 25.6 Å². The molecule has 0 aromatic rings. The maximum atomic E-state index is 11.9. The van der Waals surface area contributed by atoms with Crippen LogP contribution in [-0.4, -0.2) is 40.2 Å². The molecule has 116 valence electrons. The quantitative estimate of drug-likeness (QED) is 0.675. The zero-order chi connectivity index (χ0) is 15.1. The normalized spacial score (nSPS) is 23.6. The summed E-state index contributed by atoms with van der Waals surface area (Å²) in [7, 11) is 0. The Morgan fingerprint density at radius 2 is 2.05 bits per heavy atom. The lowest BCUT2D eigenvalue weighted by molar-refractivity contribution is -0.139. The lowest BCUT2D eigenvalue weighted by atomic mass is 10.0. The lowest BCUT2D eigenvalue weighted by Crippen LogP contribution is -2.49. The van der Waals surface area contributed by atoms with Gasteiger partial charge in [0.15, 0.2) is 0 Å². The summed E-state index contributed by atoms with van der Waals surface area (Å²) in [6, 6.07) is -0.991. The number of hydrogen-bond donors (Lipinski definition) is 3. The number of carboxylic acids is 1. The van der Waals surface area contributed by atoms with Gasteiger partial charge in [-0.15, -0.1) is 0 Å². The van der Waals surface area contributed by atoms with E-state index >= 15 is 0 Å². The number of carbonyl (C=O) groups excluding carboxylic acids is 1. The zero-order valence-electron chi connectivity index (χ0n) is 12.5. The van der Waals surface area contributed by atoms with Crippen LogP contribution in [-0.2, 0) is 4.79 Å². The molecule has 3 atom stereocenters. The van der Waals surface area contributed by atoms with Crippen LogP contribution in [0.4, 0.5) is 4.79 Å². The number of aliphatic carboxylic acids is 1. The van der Waals surface area contributed by atoms with Crippen molar-refractivity contribution in [3.8, 4) is 0 Å². The maximum Gasteiger partial charge on any atom is 0.326 e. The smallest absolute Gasteiger partial charge is 0.326 e. The van der Waals surface area contributed by atoms with Crippen LogP contribution in [0.5, 0.6) is 0 Å². The van der Waals surface area contributed by atoms with E-state index in [4.69, 9.17) is 5.11 Å². The first-order valence-corrected chi connectivity index (χ1v) is 8.38. The number of urea groups is 1. The maximum absolute atomic E-state index is 11.9. The second kappa shape index (κ2) is 8.39. The Labute approximate surface area is 125 Å². The Kier molecular flexibility index (Phi) is 7.19. The molecule has 0 bridgehead atoms. The van der Waals surface area contributed by atoms with Crippen LogP contribution in [0.25, 0.3) is 0 Å². The van der Waals surface area contributed by atoms with Crippen LogP contribution in [0.2, 0.25) is 0 Å². The van der Waals surface area contributed by atoms with Crippen LogP contribution in [0.3, 0.4) is 0 Å². The summed E-state index contributed by atoms with van der Waals surface area (Å²) < 4.78 is 0. The van der Waals surface area contributed by atoms with Gasteiger partial charge in [-0.25, -0.2) is 9.59 Å². The molecule has 0 spiro atoms. The van der Waals surface area contributed by atoms with E-state index in [-0.39, 0.29) is 18.0 Å². The molecular formula is C14H26N2O3S. The number of nitrogens with one attached hydrogen (secondary N) is 2. The summed E-state index contributed by atoms with van der Waals surface area (Å²) in [5.74, 6) is 0.354. The van der Waals surface area contributed by atoms with Crippen LogP contribution < -0.4 is 10.6 Å². The summed E-state index contributed by atoms with van der Waals surface area (Å²) in [5, 5.41) is 15.2. The number of rotatable bonds is 7. The third-order valence-electron chi connectivity index (χ3n) is 3.43. The number of thioether (sulfide) groups is 1. The standard InChI is InChI=1S/C14H26N2O3S/c1-4-20-11-6-5-10(8-11)15-14(19)16-12(13(17)18)7-9(2)3/h9-12H,4-8H2,1-3H3,(H,17,18)(H2,15,16,19)/t10?,11?,12-/m0/s1. The molecule has 6 heteroatoms. The second-order valence-corrected chi connectivity index (χ2v) is 7.30. The first kappa shape index (κ1) is 17.1. The minimum Gasteiger partial charge on any atom is -0.480 e. The van der Waals surface area contributed by atoms with Crippen molar-refractivity contribution < 1.29 is 14.7 Å². The first-order chi connectivity index (χ1) is 9.42. The molecule has 1 aliphatic rings. The predicted molar refractivity (Wildman–Crippen MR) is 82.1 cm³/mol. The van der Waals surface area contributed by atoms with Gasteiger partial charge in [-0.05, 0) is 37.4 Å². The van der Waals surface area contributed by atoms with Gasteiger partial charge >= 0.3 is 12.0 Å². The molecule has 2 amide bonds. The van der Waals surface area contributed by atoms with E-state index in [1.165, 1.54) is 0 Å². The third kappa shape index (κ3) is 6.03. The number of hydrogen-bond acceptors (Lipinski definition) is 3. The molecule has 0 saturated heterocycles. The van der Waals surface area contributed by atoms with Gasteiger partial charge in [-0.1, -0.05) is 20.8 Å². The Morgan fingerprint density at radius 1 is 1.35 bits per heavy atom. The molecular weight excluding hydrogens is 276 g/mol. The molecule has 20 heavy (non-hydrogen) atoms. The average molecular weight is 302 g/mol. The highest BCUT2D eigenvalue weighted by atomic mass is 32.2. The van der Waals surface area contributed by atoms with Crippen molar-refractivity contribution in [2.45, 2.75) is 63.8 Å². The highest BCUT2D eigenvalue weighted by Crippen LogP contribution is 2.29. The van der Waals surface area contributed by atoms with Crippen molar-refractivity contribution in [1.29, 1.82) is 0 Å². The van der Waals surface area contributed by atoms with E-state index < -0.39 is 12.0 Å². The zero-order valence-corrected chi connectivity index (χ0v) is 13.3. The molecule has 1 fully saturated rings. The van der Waals surface area contributed by atoms with Gasteiger partial charge in [0.1, 0.15) is 6.04 Å². The minimum absolute atomic E-state index is 0.174. The van der Waals surface area contributed by atoms with Crippen LogP contribution >= 0.6 is 11.8 Å². The van der Waals surface area contributed by atoms with E-state index in [0.717, 1.165) is 25.0 Å². The van der Waals surface area contributed by atoms with Gasteiger partial charge in [0, 0.05) is 11.3 Å². The Morgan fingerprint density at radius 3 is 2.60 bits per heavy atom. The molecule has 1 aliphatic carbocycles. The molecule has 3 N–H and O–H groups in total. The largest absolute Gasteiger partial charge is 0.480 e. The van der Waals surface area contributed by atoms with Gasteiger partial charge in [-0.3, -0.25) is 0 Å². The number of carboxylic acid groups (broad SMARTS) is 1. The highest BCUT2D eigenvalue weighted by molar-refractivity contribution is 7.99. The van der Waals surface area contributed by atoms with E-state index in [9.17, 15) is 9.59 Å². The highest BCUT2D eigenvalue weighted by Gasteiger charge is 2.27. The van der Waals surface area contributed by atoms with Crippen molar-refractivity contribution in [2.75, 3.05) is 5.75 Å². The fourth-order valence-electron chi connectivity index (χ4n) is 2.54. The molecule has 0 heterocycles. The Balaban J connectivity index is 2.37. The summed E-state index contributed by atoms with van der Waals surface area (Å²) in [6.45, 7) is 6.03. The van der Waals surface area contributed by atoms with Crippen molar-refractivity contribution in [3.63, 3.8) is 0 Å². The Bertz CT molecular complexity index is 336. The topological polar surface area (TPSA) is 78.4 Å². The van der Waals surface area contributed by atoms with Crippen LogP contribution in [0, 0.1) is 5.92 Å². The van der Waals surface area contributed by atoms with Crippen LogP contribution in [0.1, 0.15) is 46.5 Å². The second-order valence-electron chi connectivity index (χ2n) is 5.73. The number of amides is 2. The van der Waals surface area contributed by atoms with Gasteiger partial charge in [-0.2, -0.15) is 11.8 Å². The lowest BCUT2D eigenvalue weighted by Gasteiger charge is -2.19. The molecule has 0 radical (unpaired) electrons. The average Bonchev–Trinajstić information content (AvgIpc) is 2.75. The summed E-state index contributed by atoms with van der Waals surface area (Å²) in [4.78, 5) is 23.0. The molecule has 5 nitrogen and oxygen atoms in total. The van der Waals surface area contributed by atoms with E-state index in [2.05, 4.69) is 17.6 Å². The molecule has 1 saturated carbocycles. The fraction of sp³-hybridized carbons (Fsp3) is 0.857. The molecule has 0 aromatic heterocycles.